The third-order valence-electron chi connectivity index (χ3n) is 4.70. The van der Waals surface area contributed by atoms with Crippen molar-refractivity contribution in [2.45, 2.75) is 24.2 Å². The van der Waals surface area contributed by atoms with Crippen molar-refractivity contribution in [3.8, 4) is 0 Å². The molecule has 0 radical (unpaired) electrons. The lowest BCUT2D eigenvalue weighted by molar-refractivity contribution is -0.115. The number of thioether (sulfide) groups is 1. The quantitative estimate of drug-likeness (QED) is 0.862. The molecule has 2 N–H and O–H groups in total. The third kappa shape index (κ3) is 3.55. The first-order chi connectivity index (χ1) is 12.7. The predicted molar refractivity (Wildman–Crippen MR) is 106 cm³/mol. The molecule has 2 aromatic rings. The molecule has 2 amide bonds. The summed E-state index contributed by atoms with van der Waals surface area (Å²) < 4.78 is 0. The highest BCUT2D eigenvalue weighted by Gasteiger charge is 2.19. The van der Waals surface area contributed by atoms with Crippen molar-refractivity contribution in [2.24, 2.45) is 0 Å². The maximum absolute atomic E-state index is 12.8. The second kappa shape index (κ2) is 7.41. The zero-order valence-corrected chi connectivity index (χ0v) is 15.3. The molecule has 6 heteroatoms. The largest absolute Gasteiger partial charge is 0.370 e. The molecule has 2 aliphatic rings. The highest BCUT2D eigenvalue weighted by molar-refractivity contribution is 7.99. The first-order valence-electron chi connectivity index (χ1n) is 8.93. The third-order valence-corrected chi connectivity index (χ3v) is 5.78. The van der Waals surface area contributed by atoms with E-state index in [1.807, 2.05) is 30.3 Å². The van der Waals surface area contributed by atoms with Gasteiger partial charge in [0.05, 0.1) is 17.1 Å². The number of para-hydroxylation sites is 2. The summed E-state index contributed by atoms with van der Waals surface area (Å²) in [6, 6.07) is 13.4. The molecule has 1 saturated heterocycles. The van der Waals surface area contributed by atoms with Gasteiger partial charge in [0.25, 0.3) is 5.91 Å². The van der Waals surface area contributed by atoms with Crippen LogP contribution in [0.25, 0.3) is 0 Å². The van der Waals surface area contributed by atoms with Gasteiger partial charge < -0.3 is 15.5 Å². The lowest BCUT2D eigenvalue weighted by Crippen LogP contribution is -2.21. The molecule has 5 nitrogen and oxygen atoms in total. The molecule has 0 spiro atoms. The lowest BCUT2D eigenvalue weighted by atomic mass is 10.1. The number of fused-ring (bicyclic) bond motifs is 1. The second-order valence-electron chi connectivity index (χ2n) is 6.52. The van der Waals surface area contributed by atoms with E-state index in [0.29, 0.717) is 12.0 Å². The van der Waals surface area contributed by atoms with Gasteiger partial charge in [-0.25, -0.2) is 0 Å². The van der Waals surface area contributed by atoms with E-state index in [1.165, 1.54) is 12.8 Å². The molecule has 0 aliphatic carbocycles. The molecular weight excluding hydrogens is 346 g/mol. The number of nitrogens with zero attached hydrogens (tertiary/aromatic N) is 1. The van der Waals surface area contributed by atoms with Crippen LogP contribution in [0.4, 0.5) is 17.1 Å². The van der Waals surface area contributed by atoms with Crippen LogP contribution in [0.2, 0.25) is 0 Å². The zero-order chi connectivity index (χ0) is 17.9. The Labute approximate surface area is 157 Å². The molecular formula is C20H21N3O2S. The molecule has 4 rings (SSSR count). The van der Waals surface area contributed by atoms with Crippen LogP contribution in [0.3, 0.4) is 0 Å². The van der Waals surface area contributed by atoms with E-state index in [4.69, 9.17) is 0 Å². The SMILES string of the molecule is O=C1CCSc2ccc(C(=O)Nc3ccccc3N3CCCC3)cc2N1. The number of amides is 2. The first-order valence-corrected chi connectivity index (χ1v) is 9.91. The summed E-state index contributed by atoms with van der Waals surface area (Å²) >= 11 is 1.64. The van der Waals surface area contributed by atoms with Crippen molar-refractivity contribution < 1.29 is 9.59 Å². The van der Waals surface area contributed by atoms with Gasteiger partial charge in [-0.2, -0.15) is 0 Å². The molecule has 2 aromatic carbocycles. The summed E-state index contributed by atoms with van der Waals surface area (Å²) in [5.74, 6) is 0.587. The molecule has 0 saturated carbocycles. The van der Waals surface area contributed by atoms with E-state index >= 15 is 0 Å². The fourth-order valence-electron chi connectivity index (χ4n) is 3.37. The fourth-order valence-corrected chi connectivity index (χ4v) is 4.31. The van der Waals surface area contributed by atoms with Crippen LogP contribution < -0.4 is 15.5 Å². The highest BCUT2D eigenvalue weighted by Crippen LogP contribution is 2.32. The number of carbonyl (C=O) groups is 2. The van der Waals surface area contributed by atoms with Gasteiger partial charge in [0, 0.05) is 35.7 Å². The summed E-state index contributed by atoms with van der Waals surface area (Å²) in [7, 11) is 0. The Balaban J connectivity index is 1.57. The molecule has 0 unspecified atom stereocenters. The van der Waals surface area contributed by atoms with Crippen molar-refractivity contribution in [1.82, 2.24) is 0 Å². The van der Waals surface area contributed by atoms with Crippen LogP contribution >= 0.6 is 11.8 Å². The van der Waals surface area contributed by atoms with Gasteiger partial charge in [0.1, 0.15) is 0 Å². The molecule has 0 aromatic heterocycles. The van der Waals surface area contributed by atoms with Crippen LogP contribution in [0.1, 0.15) is 29.6 Å². The smallest absolute Gasteiger partial charge is 0.255 e. The number of hydrogen-bond donors (Lipinski definition) is 2. The van der Waals surface area contributed by atoms with Crippen LogP contribution in [0.15, 0.2) is 47.4 Å². The number of carbonyl (C=O) groups excluding carboxylic acids is 2. The minimum absolute atomic E-state index is 0.00631. The fraction of sp³-hybridized carbons (Fsp3) is 0.300. The molecule has 2 heterocycles. The van der Waals surface area contributed by atoms with Gasteiger partial charge in [-0.15, -0.1) is 11.8 Å². The van der Waals surface area contributed by atoms with Gasteiger partial charge in [-0.3, -0.25) is 9.59 Å². The van der Waals surface area contributed by atoms with Crippen molar-refractivity contribution >= 4 is 40.6 Å². The minimum atomic E-state index is -0.164. The Morgan fingerprint density at radius 3 is 2.77 bits per heavy atom. The van der Waals surface area contributed by atoms with E-state index in [0.717, 1.165) is 40.8 Å². The van der Waals surface area contributed by atoms with Gasteiger partial charge in [0.15, 0.2) is 0 Å². The van der Waals surface area contributed by atoms with E-state index in [2.05, 4.69) is 21.6 Å². The number of hydrogen-bond acceptors (Lipinski definition) is 4. The van der Waals surface area contributed by atoms with E-state index in [9.17, 15) is 9.59 Å². The van der Waals surface area contributed by atoms with Gasteiger partial charge in [-0.05, 0) is 43.2 Å². The Hall–Kier alpha value is -2.47. The van der Waals surface area contributed by atoms with Crippen LogP contribution in [-0.2, 0) is 4.79 Å². The molecule has 1 fully saturated rings. The summed E-state index contributed by atoms with van der Waals surface area (Å²) in [5, 5.41) is 5.93. The van der Waals surface area contributed by atoms with Crippen molar-refractivity contribution in [1.29, 1.82) is 0 Å². The Morgan fingerprint density at radius 2 is 1.92 bits per heavy atom. The topological polar surface area (TPSA) is 61.4 Å². The van der Waals surface area contributed by atoms with E-state index < -0.39 is 0 Å². The summed E-state index contributed by atoms with van der Waals surface area (Å²) in [6.07, 6.45) is 2.86. The average molecular weight is 367 g/mol. The van der Waals surface area contributed by atoms with Crippen molar-refractivity contribution in [3.63, 3.8) is 0 Å². The summed E-state index contributed by atoms with van der Waals surface area (Å²) in [5.41, 5.74) is 3.16. The number of rotatable bonds is 3. The van der Waals surface area contributed by atoms with Crippen LogP contribution in [0.5, 0.6) is 0 Å². The van der Waals surface area contributed by atoms with Crippen molar-refractivity contribution in [2.75, 3.05) is 34.4 Å². The molecule has 134 valence electrons. The molecule has 0 bridgehead atoms. The molecule has 0 atom stereocenters. The minimum Gasteiger partial charge on any atom is -0.370 e. The Kier molecular flexibility index (Phi) is 4.84. The maximum atomic E-state index is 12.8. The van der Waals surface area contributed by atoms with Gasteiger partial charge >= 0.3 is 0 Å². The first kappa shape index (κ1) is 17.0. The average Bonchev–Trinajstić information content (AvgIpc) is 3.11. The maximum Gasteiger partial charge on any atom is 0.255 e. The second-order valence-corrected chi connectivity index (χ2v) is 7.66. The standard InChI is InChI=1S/C20H21N3O2S/c24-19-9-12-26-18-8-7-14(13-16(18)21-19)20(25)22-15-5-1-2-6-17(15)23-10-3-4-11-23/h1-2,5-8,13H,3-4,9-12H2,(H,21,24)(H,22,25). The van der Waals surface area contributed by atoms with Crippen LogP contribution in [-0.4, -0.2) is 30.7 Å². The number of benzene rings is 2. The highest BCUT2D eigenvalue weighted by atomic mass is 32.2. The predicted octanol–water partition coefficient (Wildman–Crippen LogP) is 3.97. The normalized spacial score (nSPS) is 16.6. The summed E-state index contributed by atoms with van der Waals surface area (Å²) in [4.78, 5) is 27.9. The number of nitrogens with one attached hydrogen (secondary N) is 2. The summed E-state index contributed by atoms with van der Waals surface area (Å²) in [6.45, 7) is 2.05. The van der Waals surface area contributed by atoms with E-state index in [1.54, 1.807) is 17.8 Å². The lowest BCUT2D eigenvalue weighted by Gasteiger charge is -2.21. The molecule has 26 heavy (non-hydrogen) atoms. The van der Waals surface area contributed by atoms with Crippen LogP contribution in [0, 0.1) is 0 Å². The number of anilines is 3. The monoisotopic (exact) mass is 367 g/mol. The zero-order valence-electron chi connectivity index (χ0n) is 14.5. The van der Waals surface area contributed by atoms with Gasteiger partial charge in [0.2, 0.25) is 5.91 Å². The van der Waals surface area contributed by atoms with Crippen molar-refractivity contribution in [3.05, 3.63) is 48.0 Å². The van der Waals surface area contributed by atoms with Gasteiger partial charge in [-0.1, -0.05) is 12.1 Å². The Morgan fingerprint density at radius 1 is 1.12 bits per heavy atom. The Bertz CT molecular complexity index is 847. The molecule has 2 aliphatic heterocycles. The van der Waals surface area contributed by atoms with E-state index in [-0.39, 0.29) is 11.8 Å².